The lowest BCUT2D eigenvalue weighted by Gasteiger charge is -2.29. The fraction of sp³-hybridized carbons (Fsp3) is 0.778. The quantitative estimate of drug-likeness (QED) is 0.574. The van der Waals surface area contributed by atoms with Crippen molar-refractivity contribution in [1.29, 1.82) is 0 Å². The smallest absolute Gasteiger partial charge is 0.319 e. The van der Waals surface area contributed by atoms with Gasteiger partial charge < -0.3 is 38.6 Å². The summed E-state index contributed by atoms with van der Waals surface area (Å²) >= 11 is 0. The van der Waals surface area contributed by atoms with Crippen molar-refractivity contribution in [3.05, 3.63) is 11.8 Å². The van der Waals surface area contributed by atoms with Gasteiger partial charge in [-0.15, -0.1) is 0 Å². The Kier molecular flexibility index (Phi) is 7.18. The number of rotatable bonds is 9. The lowest BCUT2D eigenvalue weighted by molar-refractivity contribution is -0.220. The standard InChI is InChI=1S/C18H30N2O8/c1-17(2,25-7)26-9-11(21)13-14(28-18(3,4)27-13)12(22)10-8-19-16(24-6)20-15(10)23-5/h8,11-14,21-22H,9H2,1-7H3/t11-,12-,13-,14+/m1/s1. The second-order valence-corrected chi connectivity index (χ2v) is 7.31. The largest absolute Gasteiger partial charge is 0.481 e. The van der Waals surface area contributed by atoms with Crippen molar-refractivity contribution >= 4 is 0 Å². The molecule has 1 aliphatic rings. The van der Waals surface area contributed by atoms with Crippen LogP contribution >= 0.6 is 0 Å². The highest BCUT2D eigenvalue weighted by atomic mass is 16.8. The van der Waals surface area contributed by atoms with Gasteiger partial charge in [0.25, 0.3) is 0 Å². The second-order valence-electron chi connectivity index (χ2n) is 7.31. The van der Waals surface area contributed by atoms with Gasteiger partial charge in [0.2, 0.25) is 5.88 Å². The second kappa shape index (κ2) is 8.85. The Labute approximate surface area is 164 Å². The summed E-state index contributed by atoms with van der Waals surface area (Å²) in [6, 6.07) is 0.100. The van der Waals surface area contributed by atoms with Crippen LogP contribution in [-0.4, -0.2) is 78.0 Å². The maximum atomic E-state index is 10.9. The first-order valence-electron chi connectivity index (χ1n) is 8.89. The van der Waals surface area contributed by atoms with E-state index in [1.54, 1.807) is 27.7 Å². The van der Waals surface area contributed by atoms with E-state index in [1.807, 2.05) is 0 Å². The summed E-state index contributed by atoms with van der Waals surface area (Å²) < 4.78 is 32.6. The summed E-state index contributed by atoms with van der Waals surface area (Å²) in [6.07, 6.45) is -2.70. The first-order valence-corrected chi connectivity index (χ1v) is 8.89. The Bertz CT molecular complexity index is 654. The molecular formula is C18H30N2O8. The SMILES string of the molecule is COc1ncc([C@@H](O)[C@@H]2OC(C)(C)O[C@@H]2[C@H](O)COC(C)(C)OC)c(OC)n1. The number of methoxy groups -OCH3 is 3. The molecule has 2 rings (SSSR count). The Balaban J connectivity index is 2.23. The molecule has 4 atom stereocenters. The lowest BCUT2D eigenvalue weighted by Crippen LogP contribution is -2.43. The molecule has 10 nitrogen and oxygen atoms in total. The fourth-order valence-corrected chi connectivity index (χ4v) is 2.80. The van der Waals surface area contributed by atoms with Crippen molar-refractivity contribution in [2.24, 2.45) is 0 Å². The van der Waals surface area contributed by atoms with Crippen molar-refractivity contribution < 1.29 is 38.6 Å². The molecule has 1 fully saturated rings. The third-order valence-electron chi connectivity index (χ3n) is 4.40. The number of aliphatic hydroxyl groups excluding tert-OH is 2. The highest BCUT2D eigenvalue weighted by Crippen LogP contribution is 2.39. The van der Waals surface area contributed by atoms with Crippen LogP contribution in [0.15, 0.2) is 6.20 Å². The van der Waals surface area contributed by atoms with Crippen LogP contribution < -0.4 is 9.47 Å². The van der Waals surface area contributed by atoms with E-state index in [4.69, 9.17) is 28.4 Å². The van der Waals surface area contributed by atoms with Gasteiger partial charge in [0.05, 0.1) is 26.4 Å². The van der Waals surface area contributed by atoms with E-state index < -0.39 is 36.0 Å². The molecule has 0 saturated carbocycles. The number of hydrogen-bond donors (Lipinski definition) is 2. The van der Waals surface area contributed by atoms with Gasteiger partial charge >= 0.3 is 6.01 Å². The van der Waals surface area contributed by atoms with E-state index >= 15 is 0 Å². The predicted molar refractivity (Wildman–Crippen MR) is 97.0 cm³/mol. The number of hydrogen-bond acceptors (Lipinski definition) is 10. The minimum absolute atomic E-state index is 0.0790. The Morgan fingerprint density at radius 3 is 2.36 bits per heavy atom. The van der Waals surface area contributed by atoms with Gasteiger partial charge in [-0.05, 0) is 27.7 Å². The summed E-state index contributed by atoms with van der Waals surface area (Å²) in [7, 11) is 4.35. The van der Waals surface area contributed by atoms with Crippen molar-refractivity contribution in [2.45, 2.75) is 63.7 Å². The average Bonchev–Trinajstić information content (AvgIpc) is 3.00. The molecule has 0 aromatic carbocycles. The van der Waals surface area contributed by atoms with Gasteiger partial charge in [-0.1, -0.05) is 0 Å². The van der Waals surface area contributed by atoms with Crippen LogP contribution in [0, 0.1) is 0 Å². The van der Waals surface area contributed by atoms with E-state index in [0.29, 0.717) is 0 Å². The van der Waals surface area contributed by atoms with Gasteiger partial charge in [0.15, 0.2) is 11.6 Å². The van der Waals surface area contributed by atoms with Gasteiger partial charge in [-0.2, -0.15) is 4.98 Å². The first-order chi connectivity index (χ1) is 13.0. The maximum absolute atomic E-state index is 10.9. The highest BCUT2D eigenvalue weighted by Gasteiger charge is 2.49. The zero-order valence-corrected chi connectivity index (χ0v) is 17.3. The number of ether oxygens (including phenoxy) is 6. The predicted octanol–water partition coefficient (Wildman–Crippen LogP) is 0.807. The lowest BCUT2D eigenvalue weighted by atomic mass is 9.99. The third-order valence-corrected chi connectivity index (χ3v) is 4.40. The van der Waals surface area contributed by atoms with Crippen molar-refractivity contribution in [3.63, 3.8) is 0 Å². The minimum Gasteiger partial charge on any atom is -0.481 e. The molecule has 160 valence electrons. The molecule has 1 saturated heterocycles. The molecule has 1 aromatic rings. The molecule has 2 N–H and O–H groups in total. The fourth-order valence-electron chi connectivity index (χ4n) is 2.80. The summed E-state index contributed by atoms with van der Waals surface area (Å²) in [6.45, 7) is 6.76. The monoisotopic (exact) mass is 402 g/mol. The topological polar surface area (TPSA) is 122 Å². The van der Waals surface area contributed by atoms with Crippen molar-refractivity contribution in [1.82, 2.24) is 9.97 Å². The van der Waals surface area contributed by atoms with Crippen LogP contribution in [-0.2, 0) is 18.9 Å². The van der Waals surface area contributed by atoms with Crippen molar-refractivity contribution in [3.8, 4) is 11.9 Å². The summed E-state index contributed by atoms with van der Waals surface area (Å²) in [5.74, 6) is -1.76. The Morgan fingerprint density at radius 1 is 1.14 bits per heavy atom. The van der Waals surface area contributed by atoms with Crippen LogP contribution in [0.3, 0.4) is 0 Å². The highest BCUT2D eigenvalue weighted by molar-refractivity contribution is 5.29. The molecule has 28 heavy (non-hydrogen) atoms. The van der Waals surface area contributed by atoms with Gasteiger partial charge in [-0.3, -0.25) is 0 Å². The molecule has 1 aromatic heterocycles. The summed E-state index contributed by atoms with van der Waals surface area (Å²) in [5, 5.41) is 21.6. The summed E-state index contributed by atoms with van der Waals surface area (Å²) in [5.41, 5.74) is 0.282. The van der Waals surface area contributed by atoms with E-state index in [-0.39, 0.29) is 24.1 Å². The summed E-state index contributed by atoms with van der Waals surface area (Å²) in [4.78, 5) is 8.08. The molecule has 2 heterocycles. The van der Waals surface area contributed by atoms with Crippen molar-refractivity contribution in [2.75, 3.05) is 27.9 Å². The van der Waals surface area contributed by atoms with Gasteiger partial charge in [0.1, 0.15) is 24.4 Å². The van der Waals surface area contributed by atoms with Crippen LogP contribution in [0.2, 0.25) is 0 Å². The number of aliphatic hydroxyl groups is 2. The molecule has 0 unspecified atom stereocenters. The molecule has 0 radical (unpaired) electrons. The normalized spacial score (nSPS) is 24.0. The number of aromatic nitrogens is 2. The maximum Gasteiger partial charge on any atom is 0.319 e. The Hall–Kier alpha value is -1.56. The van der Waals surface area contributed by atoms with E-state index in [2.05, 4.69) is 9.97 Å². The first kappa shape index (κ1) is 22.7. The van der Waals surface area contributed by atoms with E-state index in [9.17, 15) is 10.2 Å². The van der Waals surface area contributed by atoms with Crippen LogP contribution in [0.1, 0.15) is 39.4 Å². The zero-order valence-electron chi connectivity index (χ0n) is 17.3. The molecule has 0 aliphatic carbocycles. The number of nitrogens with zero attached hydrogens (tertiary/aromatic N) is 2. The molecular weight excluding hydrogens is 372 g/mol. The van der Waals surface area contributed by atoms with E-state index in [0.717, 1.165) is 0 Å². The van der Waals surface area contributed by atoms with Crippen LogP contribution in [0.4, 0.5) is 0 Å². The molecule has 1 aliphatic heterocycles. The minimum atomic E-state index is -1.22. The molecule has 0 spiro atoms. The van der Waals surface area contributed by atoms with Gasteiger partial charge in [-0.25, -0.2) is 4.98 Å². The zero-order chi connectivity index (χ0) is 21.1. The molecule has 10 heteroatoms. The Morgan fingerprint density at radius 2 is 1.79 bits per heavy atom. The van der Waals surface area contributed by atoms with Crippen LogP contribution in [0.5, 0.6) is 11.9 Å². The van der Waals surface area contributed by atoms with Crippen LogP contribution in [0.25, 0.3) is 0 Å². The van der Waals surface area contributed by atoms with E-state index in [1.165, 1.54) is 27.5 Å². The van der Waals surface area contributed by atoms with Gasteiger partial charge in [0, 0.05) is 13.3 Å². The molecule has 0 amide bonds. The third kappa shape index (κ3) is 5.28. The molecule has 0 bridgehead atoms. The average molecular weight is 402 g/mol.